The number of fused-ring (bicyclic) bond motifs is 1. The van der Waals surface area contributed by atoms with Crippen LogP contribution in [-0.4, -0.2) is 28.7 Å². The van der Waals surface area contributed by atoms with Crippen LogP contribution in [0, 0.1) is 5.92 Å². The van der Waals surface area contributed by atoms with Gasteiger partial charge in [0, 0.05) is 36.8 Å². The van der Waals surface area contributed by atoms with Crippen LogP contribution >= 0.6 is 0 Å². The van der Waals surface area contributed by atoms with E-state index in [1.54, 1.807) is 0 Å². The van der Waals surface area contributed by atoms with E-state index in [9.17, 15) is 4.79 Å². The molecule has 2 heterocycles. The van der Waals surface area contributed by atoms with Crippen LogP contribution in [0.25, 0.3) is 0 Å². The zero-order chi connectivity index (χ0) is 13.9. The van der Waals surface area contributed by atoms with Crippen LogP contribution in [0.3, 0.4) is 0 Å². The number of hydrogen-bond donors (Lipinski definition) is 3. The highest BCUT2D eigenvalue weighted by molar-refractivity contribution is 5.94. The van der Waals surface area contributed by atoms with Gasteiger partial charge in [-0.1, -0.05) is 13.3 Å². The summed E-state index contributed by atoms with van der Waals surface area (Å²) in [4.78, 5) is 12.4. The van der Waals surface area contributed by atoms with E-state index in [2.05, 4.69) is 27.8 Å². The fourth-order valence-electron chi connectivity index (χ4n) is 3.38. The third kappa shape index (κ3) is 2.73. The summed E-state index contributed by atoms with van der Waals surface area (Å²) < 4.78 is 0. The summed E-state index contributed by atoms with van der Waals surface area (Å²) in [7, 11) is 0. The van der Waals surface area contributed by atoms with Crippen molar-refractivity contribution in [2.24, 2.45) is 5.92 Å². The molecule has 3 N–H and O–H groups in total. The summed E-state index contributed by atoms with van der Waals surface area (Å²) >= 11 is 0. The number of nitrogens with one attached hydrogen (secondary N) is 3. The van der Waals surface area contributed by atoms with Crippen LogP contribution in [-0.2, 0) is 13.0 Å². The van der Waals surface area contributed by atoms with Crippen LogP contribution in [0.15, 0.2) is 0 Å². The van der Waals surface area contributed by atoms with E-state index in [0.717, 1.165) is 49.5 Å². The van der Waals surface area contributed by atoms with E-state index >= 15 is 0 Å². The molecule has 0 unspecified atom stereocenters. The van der Waals surface area contributed by atoms with E-state index in [1.165, 1.54) is 19.3 Å². The van der Waals surface area contributed by atoms with Gasteiger partial charge in [0.2, 0.25) is 0 Å². The Morgan fingerprint density at radius 2 is 2.15 bits per heavy atom. The van der Waals surface area contributed by atoms with Gasteiger partial charge in [0.15, 0.2) is 5.69 Å². The molecule has 0 radical (unpaired) electrons. The van der Waals surface area contributed by atoms with Crippen LogP contribution in [0.5, 0.6) is 0 Å². The molecule has 0 saturated heterocycles. The van der Waals surface area contributed by atoms with E-state index in [1.807, 2.05) is 0 Å². The third-order valence-electron chi connectivity index (χ3n) is 4.78. The summed E-state index contributed by atoms with van der Waals surface area (Å²) in [5.41, 5.74) is 2.75. The molecular weight excluding hydrogens is 252 g/mol. The maximum Gasteiger partial charge on any atom is 0.272 e. The lowest BCUT2D eigenvalue weighted by Crippen LogP contribution is -2.38. The molecule has 1 aliphatic heterocycles. The SMILES string of the molecule is CCC1CCC(NC(=O)c2n[nH]c3c2CNCC3)CC1. The summed E-state index contributed by atoms with van der Waals surface area (Å²) in [6.45, 7) is 3.96. The first-order valence-electron chi connectivity index (χ1n) is 7.85. The smallest absolute Gasteiger partial charge is 0.272 e. The fourth-order valence-corrected chi connectivity index (χ4v) is 3.38. The quantitative estimate of drug-likeness (QED) is 0.788. The van der Waals surface area contributed by atoms with E-state index in [0.29, 0.717) is 11.7 Å². The zero-order valence-corrected chi connectivity index (χ0v) is 12.2. The Hall–Kier alpha value is -1.36. The van der Waals surface area contributed by atoms with Crippen molar-refractivity contribution in [1.82, 2.24) is 20.8 Å². The highest BCUT2D eigenvalue weighted by Crippen LogP contribution is 2.26. The van der Waals surface area contributed by atoms with Crippen LogP contribution in [0.4, 0.5) is 0 Å². The number of hydrogen-bond acceptors (Lipinski definition) is 3. The van der Waals surface area contributed by atoms with Gasteiger partial charge in [0.05, 0.1) is 0 Å². The van der Waals surface area contributed by atoms with Crippen molar-refractivity contribution in [3.8, 4) is 0 Å². The second-order valence-corrected chi connectivity index (χ2v) is 6.06. The molecule has 5 heteroatoms. The highest BCUT2D eigenvalue weighted by atomic mass is 16.2. The largest absolute Gasteiger partial charge is 0.348 e. The van der Waals surface area contributed by atoms with Crippen molar-refractivity contribution in [2.45, 2.75) is 58.0 Å². The monoisotopic (exact) mass is 276 g/mol. The minimum Gasteiger partial charge on any atom is -0.348 e. The molecule has 1 fully saturated rings. The lowest BCUT2D eigenvalue weighted by Gasteiger charge is -2.28. The minimum absolute atomic E-state index is 0.00820. The summed E-state index contributed by atoms with van der Waals surface area (Å²) in [6.07, 6.45) is 6.88. The lowest BCUT2D eigenvalue weighted by atomic mass is 9.84. The van der Waals surface area contributed by atoms with Gasteiger partial charge < -0.3 is 10.6 Å². The lowest BCUT2D eigenvalue weighted by molar-refractivity contribution is 0.0915. The van der Waals surface area contributed by atoms with Crippen LogP contribution in [0.1, 0.15) is 60.8 Å². The predicted molar refractivity (Wildman–Crippen MR) is 77.5 cm³/mol. The second-order valence-electron chi connectivity index (χ2n) is 6.06. The summed E-state index contributed by atoms with van der Waals surface area (Å²) in [5.74, 6) is 0.844. The number of amides is 1. The standard InChI is InChI=1S/C15H24N4O/c1-2-10-3-5-11(6-4-10)17-15(20)14-12-9-16-8-7-13(12)18-19-14/h10-11,16H,2-9H2,1H3,(H,17,20)(H,18,19). The number of rotatable bonds is 3. The Labute approximate surface area is 119 Å². The van der Waals surface area contributed by atoms with Crippen molar-refractivity contribution in [1.29, 1.82) is 0 Å². The molecular formula is C15H24N4O. The molecule has 110 valence electrons. The molecule has 20 heavy (non-hydrogen) atoms. The molecule has 1 amide bonds. The van der Waals surface area contributed by atoms with Gasteiger partial charge in [0.1, 0.15) is 0 Å². The van der Waals surface area contributed by atoms with Gasteiger partial charge >= 0.3 is 0 Å². The molecule has 2 aliphatic rings. The van der Waals surface area contributed by atoms with Crippen LogP contribution in [0.2, 0.25) is 0 Å². The molecule has 5 nitrogen and oxygen atoms in total. The van der Waals surface area contributed by atoms with Gasteiger partial charge in [-0.25, -0.2) is 0 Å². The number of carbonyl (C=O) groups is 1. The first-order chi connectivity index (χ1) is 9.78. The first-order valence-corrected chi connectivity index (χ1v) is 7.85. The zero-order valence-electron chi connectivity index (χ0n) is 12.2. The number of H-pyrrole nitrogens is 1. The van der Waals surface area contributed by atoms with Crippen LogP contribution < -0.4 is 10.6 Å². The van der Waals surface area contributed by atoms with Crippen molar-refractivity contribution in [3.05, 3.63) is 17.0 Å². The Bertz CT molecular complexity index is 474. The molecule has 3 rings (SSSR count). The Morgan fingerprint density at radius 3 is 2.90 bits per heavy atom. The normalized spacial score (nSPS) is 26.1. The van der Waals surface area contributed by atoms with Gasteiger partial charge in [0.25, 0.3) is 5.91 Å². The maximum absolute atomic E-state index is 12.4. The number of carbonyl (C=O) groups excluding carboxylic acids is 1. The predicted octanol–water partition coefficient (Wildman–Crippen LogP) is 1.75. The van der Waals surface area contributed by atoms with E-state index in [4.69, 9.17) is 0 Å². The van der Waals surface area contributed by atoms with Crippen molar-refractivity contribution in [3.63, 3.8) is 0 Å². The number of aromatic nitrogens is 2. The number of aromatic amines is 1. The summed E-state index contributed by atoms with van der Waals surface area (Å²) in [5, 5.41) is 13.7. The molecule has 0 spiro atoms. The molecule has 0 aromatic carbocycles. The van der Waals surface area contributed by atoms with E-state index < -0.39 is 0 Å². The van der Waals surface area contributed by atoms with Crippen molar-refractivity contribution < 1.29 is 4.79 Å². The average Bonchev–Trinajstić information content (AvgIpc) is 2.92. The topological polar surface area (TPSA) is 69.8 Å². The molecule has 1 aliphatic carbocycles. The Kier molecular flexibility index (Phi) is 4.05. The number of nitrogens with zero attached hydrogens (tertiary/aromatic N) is 1. The minimum atomic E-state index is -0.00820. The van der Waals surface area contributed by atoms with Gasteiger partial charge in [-0.05, 0) is 31.6 Å². The Balaban J connectivity index is 1.61. The van der Waals surface area contributed by atoms with Gasteiger partial charge in [-0.2, -0.15) is 5.10 Å². The average molecular weight is 276 g/mol. The maximum atomic E-state index is 12.4. The molecule has 1 aromatic rings. The first kappa shape index (κ1) is 13.6. The fraction of sp³-hybridized carbons (Fsp3) is 0.733. The molecule has 1 aromatic heterocycles. The van der Waals surface area contributed by atoms with Crippen molar-refractivity contribution >= 4 is 5.91 Å². The second kappa shape index (κ2) is 5.95. The highest BCUT2D eigenvalue weighted by Gasteiger charge is 2.25. The molecule has 1 saturated carbocycles. The van der Waals surface area contributed by atoms with Gasteiger partial charge in [-0.15, -0.1) is 0 Å². The Morgan fingerprint density at radius 1 is 1.35 bits per heavy atom. The molecule has 0 bridgehead atoms. The van der Waals surface area contributed by atoms with Crippen molar-refractivity contribution in [2.75, 3.05) is 6.54 Å². The van der Waals surface area contributed by atoms with E-state index in [-0.39, 0.29) is 5.91 Å². The molecule has 0 atom stereocenters. The van der Waals surface area contributed by atoms with Gasteiger partial charge in [-0.3, -0.25) is 9.89 Å². The third-order valence-corrected chi connectivity index (χ3v) is 4.78. The summed E-state index contributed by atoms with van der Waals surface area (Å²) in [6, 6.07) is 0.328.